The molecule has 2 saturated heterocycles. The molecule has 0 aliphatic carbocycles. The van der Waals surface area contributed by atoms with Gasteiger partial charge in [-0.15, -0.1) is 0 Å². The zero-order valence-corrected chi connectivity index (χ0v) is 25.7. The summed E-state index contributed by atoms with van der Waals surface area (Å²) >= 11 is 0. The van der Waals surface area contributed by atoms with Gasteiger partial charge in [-0.05, 0) is 35.0 Å². The van der Waals surface area contributed by atoms with E-state index in [9.17, 15) is 14.7 Å². The number of nitrogens with zero attached hydrogens (tertiary/aromatic N) is 1. The van der Waals surface area contributed by atoms with E-state index in [0.717, 1.165) is 0 Å². The molecule has 1 aromatic heterocycles. The third-order valence-corrected chi connectivity index (χ3v) is 18.4. The number of ether oxygens (including phenoxy) is 1. The Bertz CT molecular complexity index is 1040. The normalized spacial score (nSPS) is 30.3. The number of aromatic amines is 1. The van der Waals surface area contributed by atoms with E-state index < -0.39 is 52.4 Å². The SMILES string of the molecule is Cc1cn([C@@H]2O[C@]3(C(C)C)CO[Si](C(C)C)(C(C)C)O[Si](C(C)C)(C(C)C)O[C@@H]3C2O)c(=O)[nH]c1=O. The van der Waals surface area contributed by atoms with E-state index in [0.29, 0.717) is 5.56 Å². The van der Waals surface area contributed by atoms with Crippen LogP contribution >= 0.6 is 0 Å². The molecule has 36 heavy (non-hydrogen) atoms. The molecule has 0 bridgehead atoms. The molecule has 9 nitrogen and oxygen atoms in total. The topological polar surface area (TPSA) is 112 Å². The number of aliphatic hydroxyl groups is 1. The van der Waals surface area contributed by atoms with Crippen LogP contribution in [-0.2, 0) is 17.7 Å². The first-order valence-corrected chi connectivity index (χ1v) is 17.2. The summed E-state index contributed by atoms with van der Waals surface area (Å²) in [7, 11) is -5.84. The Morgan fingerprint density at radius 3 is 1.97 bits per heavy atom. The molecule has 2 fully saturated rings. The molecule has 0 saturated carbocycles. The van der Waals surface area contributed by atoms with Crippen LogP contribution in [0.2, 0.25) is 22.2 Å². The number of rotatable bonds is 6. The first kappa shape index (κ1) is 29.5. The molecule has 2 aliphatic rings. The molecule has 3 rings (SSSR count). The van der Waals surface area contributed by atoms with Gasteiger partial charge >= 0.3 is 22.8 Å². The van der Waals surface area contributed by atoms with Crippen molar-refractivity contribution < 1.29 is 22.8 Å². The second kappa shape index (κ2) is 10.2. The minimum atomic E-state index is -3.01. The Kier molecular flexibility index (Phi) is 8.38. The highest BCUT2D eigenvalue weighted by Gasteiger charge is 2.66. The molecular weight excluding hydrogens is 496 g/mol. The van der Waals surface area contributed by atoms with Gasteiger partial charge in [0.25, 0.3) is 5.56 Å². The predicted octanol–water partition coefficient (Wildman–Crippen LogP) is 4.09. The summed E-state index contributed by atoms with van der Waals surface area (Å²) in [5, 5.41) is 11.7. The van der Waals surface area contributed by atoms with E-state index >= 15 is 0 Å². The molecular formula is C25H46N2O7Si2. The van der Waals surface area contributed by atoms with E-state index in [-0.39, 0.29) is 34.7 Å². The van der Waals surface area contributed by atoms with Crippen LogP contribution in [0.4, 0.5) is 0 Å². The molecule has 0 radical (unpaired) electrons. The highest BCUT2D eigenvalue weighted by atomic mass is 28.5. The average Bonchev–Trinajstić information content (AvgIpc) is 3.02. The number of aryl methyl sites for hydroxylation is 1. The van der Waals surface area contributed by atoms with Gasteiger partial charge in [-0.1, -0.05) is 69.2 Å². The molecule has 4 atom stereocenters. The predicted molar refractivity (Wildman–Crippen MR) is 144 cm³/mol. The third kappa shape index (κ3) is 4.54. The van der Waals surface area contributed by atoms with Gasteiger partial charge in [-0.3, -0.25) is 14.3 Å². The van der Waals surface area contributed by atoms with Gasteiger partial charge < -0.3 is 22.8 Å². The van der Waals surface area contributed by atoms with Crippen molar-refractivity contribution in [3.05, 3.63) is 32.6 Å². The minimum absolute atomic E-state index is 0.0812. The fraction of sp³-hybridized carbons (Fsp3) is 0.840. The van der Waals surface area contributed by atoms with Gasteiger partial charge in [-0.25, -0.2) is 4.79 Å². The summed E-state index contributed by atoms with van der Waals surface area (Å²) in [6.45, 7) is 23.0. The summed E-state index contributed by atoms with van der Waals surface area (Å²) in [5.74, 6) is -0.100. The molecule has 206 valence electrons. The molecule has 0 amide bonds. The number of aromatic nitrogens is 2. The van der Waals surface area contributed by atoms with Crippen LogP contribution in [0.3, 0.4) is 0 Å². The minimum Gasteiger partial charge on any atom is -0.414 e. The Hall–Kier alpha value is -1.09. The Morgan fingerprint density at radius 1 is 0.972 bits per heavy atom. The van der Waals surface area contributed by atoms with Gasteiger partial charge in [0, 0.05) is 11.8 Å². The number of hydrogen-bond acceptors (Lipinski definition) is 7. The van der Waals surface area contributed by atoms with E-state index in [1.165, 1.54) is 10.8 Å². The number of hydrogen-bond donors (Lipinski definition) is 2. The van der Waals surface area contributed by atoms with Crippen molar-refractivity contribution in [1.29, 1.82) is 0 Å². The largest absolute Gasteiger partial charge is 0.414 e. The summed E-state index contributed by atoms with van der Waals surface area (Å²) in [5.41, 5.74) is -1.26. The lowest BCUT2D eigenvalue weighted by Crippen LogP contribution is -2.69. The van der Waals surface area contributed by atoms with E-state index in [4.69, 9.17) is 17.7 Å². The maximum atomic E-state index is 12.8. The van der Waals surface area contributed by atoms with Crippen LogP contribution in [0.15, 0.2) is 15.8 Å². The summed E-state index contributed by atoms with van der Waals surface area (Å²) in [6.07, 6.45) is -1.54. The van der Waals surface area contributed by atoms with Gasteiger partial charge in [0.2, 0.25) is 0 Å². The number of H-pyrrole nitrogens is 1. The van der Waals surface area contributed by atoms with Crippen molar-refractivity contribution in [3.63, 3.8) is 0 Å². The third-order valence-electron chi connectivity index (χ3n) is 8.19. The Labute approximate surface area is 217 Å². The highest BCUT2D eigenvalue weighted by molar-refractivity contribution is 6.84. The maximum Gasteiger partial charge on any atom is 0.335 e. The smallest absolute Gasteiger partial charge is 0.335 e. The molecule has 1 aromatic rings. The van der Waals surface area contributed by atoms with Gasteiger partial charge in [0.05, 0.1) is 6.61 Å². The lowest BCUT2D eigenvalue weighted by molar-refractivity contribution is -0.158. The van der Waals surface area contributed by atoms with Crippen molar-refractivity contribution in [2.24, 2.45) is 5.92 Å². The number of fused-ring (bicyclic) bond motifs is 1. The fourth-order valence-corrected chi connectivity index (χ4v) is 17.1. The Balaban J connectivity index is 2.26. The van der Waals surface area contributed by atoms with Crippen LogP contribution in [0.25, 0.3) is 0 Å². The maximum absolute atomic E-state index is 12.8. The van der Waals surface area contributed by atoms with Crippen molar-refractivity contribution in [1.82, 2.24) is 9.55 Å². The lowest BCUT2D eigenvalue weighted by Gasteiger charge is -2.54. The quantitative estimate of drug-likeness (QED) is 0.521. The van der Waals surface area contributed by atoms with Crippen LogP contribution in [0.5, 0.6) is 0 Å². The first-order chi connectivity index (χ1) is 16.6. The number of aliphatic hydroxyl groups excluding tert-OH is 1. The second-order valence-electron chi connectivity index (χ2n) is 12.1. The summed E-state index contributed by atoms with van der Waals surface area (Å²) in [4.78, 5) is 27.1. The van der Waals surface area contributed by atoms with Crippen molar-refractivity contribution in [2.75, 3.05) is 6.61 Å². The highest BCUT2D eigenvalue weighted by Crippen LogP contribution is 2.52. The molecule has 3 heterocycles. The van der Waals surface area contributed by atoms with E-state index in [2.05, 4.69) is 60.4 Å². The van der Waals surface area contributed by atoms with Gasteiger partial charge in [-0.2, -0.15) is 0 Å². The van der Waals surface area contributed by atoms with Crippen LogP contribution < -0.4 is 11.2 Å². The lowest BCUT2D eigenvalue weighted by atomic mass is 9.85. The molecule has 11 heteroatoms. The second-order valence-corrected chi connectivity index (χ2v) is 20.9. The summed E-state index contributed by atoms with van der Waals surface area (Å²) in [6, 6.07) is 0. The molecule has 0 aromatic carbocycles. The van der Waals surface area contributed by atoms with Gasteiger partial charge in [0.15, 0.2) is 6.23 Å². The molecule has 2 N–H and O–H groups in total. The Morgan fingerprint density at radius 2 is 1.50 bits per heavy atom. The zero-order chi connectivity index (χ0) is 27.4. The van der Waals surface area contributed by atoms with Crippen molar-refractivity contribution in [3.8, 4) is 0 Å². The van der Waals surface area contributed by atoms with Gasteiger partial charge in [0.1, 0.15) is 17.8 Å². The molecule has 1 unspecified atom stereocenters. The number of nitrogens with one attached hydrogen (secondary N) is 1. The van der Waals surface area contributed by atoms with Crippen molar-refractivity contribution >= 4 is 17.1 Å². The van der Waals surface area contributed by atoms with Crippen LogP contribution in [-0.4, -0.2) is 56.2 Å². The van der Waals surface area contributed by atoms with Crippen molar-refractivity contribution in [2.45, 2.75) is 122 Å². The summed E-state index contributed by atoms with van der Waals surface area (Å²) < 4.78 is 29.2. The molecule has 2 aliphatic heterocycles. The molecule has 0 spiro atoms. The van der Waals surface area contributed by atoms with Crippen LogP contribution in [0.1, 0.15) is 81.0 Å². The average molecular weight is 543 g/mol. The van der Waals surface area contributed by atoms with E-state index in [1.807, 2.05) is 13.8 Å². The van der Waals surface area contributed by atoms with E-state index in [1.54, 1.807) is 6.92 Å². The first-order valence-electron chi connectivity index (χ1n) is 13.3. The monoisotopic (exact) mass is 542 g/mol. The zero-order valence-electron chi connectivity index (χ0n) is 23.7. The van der Waals surface area contributed by atoms with Crippen LogP contribution in [0, 0.1) is 12.8 Å². The fourth-order valence-electron chi connectivity index (χ4n) is 5.85. The standard InChI is InChI=1S/C25H46N2O7Si2/c1-14(2)25-13-31-35(15(3)4,16(5)6)34-36(17(7)8,18(9)10)33-21(25)20(28)23(32-25)27-12-19(11)22(29)26-24(27)30/h12,14-18,20-21,23,28H,13H2,1-11H3,(H,26,29,30)/t20?,21-,23-,25+/m1/s1.